The van der Waals surface area contributed by atoms with Crippen molar-refractivity contribution in [1.29, 1.82) is 0 Å². The van der Waals surface area contributed by atoms with Crippen LogP contribution in [0.3, 0.4) is 0 Å². The number of carboxylic acids is 2. The molecule has 0 radical (unpaired) electrons. The molecular formula is C29H33O10PS. The predicted molar refractivity (Wildman–Crippen MR) is 151 cm³/mol. The minimum absolute atomic E-state index is 0.169. The Morgan fingerprint density at radius 2 is 1.32 bits per heavy atom. The van der Waals surface area contributed by atoms with Crippen molar-refractivity contribution < 1.29 is 46.0 Å². The first kappa shape index (κ1) is 32.2. The van der Waals surface area contributed by atoms with Crippen LogP contribution in [0.1, 0.15) is 30.5 Å². The van der Waals surface area contributed by atoms with Gasteiger partial charge in [-0.3, -0.25) is 13.5 Å². The summed E-state index contributed by atoms with van der Waals surface area (Å²) in [5, 5.41) is 20.2. The van der Waals surface area contributed by atoms with Crippen molar-refractivity contribution >= 4 is 29.7 Å². The molecule has 1 unspecified atom stereocenters. The molecular weight excluding hydrogens is 571 g/mol. The van der Waals surface area contributed by atoms with Crippen molar-refractivity contribution in [2.24, 2.45) is 11.3 Å². The van der Waals surface area contributed by atoms with E-state index in [0.717, 1.165) is 5.56 Å². The molecule has 0 fully saturated rings. The lowest BCUT2D eigenvalue weighted by Crippen LogP contribution is -2.47. The van der Waals surface area contributed by atoms with Crippen LogP contribution >= 0.6 is 7.60 Å². The second-order valence-corrected chi connectivity index (χ2v) is 13.5. The van der Waals surface area contributed by atoms with Crippen LogP contribution in [-0.2, 0) is 50.7 Å². The van der Waals surface area contributed by atoms with Gasteiger partial charge in [-0.25, -0.2) is 4.79 Å². The van der Waals surface area contributed by atoms with E-state index in [-0.39, 0.29) is 18.1 Å². The minimum Gasteiger partial charge on any atom is -0.481 e. The van der Waals surface area contributed by atoms with Crippen molar-refractivity contribution in [2.75, 3.05) is 6.16 Å². The van der Waals surface area contributed by atoms with Crippen LogP contribution in [0, 0.1) is 18.3 Å². The maximum Gasteiger partial charge on any atom is 0.334 e. The van der Waals surface area contributed by atoms with E-state index in [1.54, 1.807) is 67.6 Å². The molecule has 220 valence electrons. The Morgan fingerprint density at radius 1 is 0.854 bits per heavy atom. The number of rotatable bonds is 15. The summed E-state index contributed by atoms with van der Waals surface area (Å²) in [6.07, 6.45) is -2.88. The summed E-state index contributed by atoms with van der Waals surface area (Å²) in [6, 6.07) is 23.0. The van der Waals surface area contributed by atoms with E-state index in [4.69, 9.17) is 13.2 Å². The van der Waals surface area contributed by atoms with Gasteiger partial charge in [-0.05, 0) is 37.1 Å². The number of hydrogen-bond acceptors (Lipinski definition) is 8. The van der Waals surface area contributed by atoms with E-state index in [9.17, 15) is 32.8 Å². The van der Waals surface area contributed by atoms with Crippen LogP contribution < -0.4 is 0 Å². The molecule has 12 heteroatoms. The summed E-state index contributed by atoms with van der Waals surface area (Å²) < 4.78 is 56.5. The summed E-state index contributed by atoms with van der Waals surface area (Å²) in [7, 11) is -8.84. The average molecular weight is 605 g/mol. The van der Waals surface area contributed by atoms with Gasteiger partial charge < -0.3 is 19.3 Å². The van der Waals surface area contributed by atoms with Crippen molar-refractivity contribution in [1.82, 2.24) is 0 Å². The summed E-state index contributed by atoms with van der Waals surface area (Å²) in [4.78, 5) is 24.6. The molecule has 0 spiro atoms. The molecule has 3 aromatic rings. The Bertz CT molecular complexity index is 1430. The van der Waals surface area contributed by atoms with Crippen LogP contribution in [0.5, 0.6) is 0 Å². The normalized spacial score (nSPS) is 15.0. The van der Waals surface area contributed by atoms with Crippen molar-refractivity contribution in [3.8, 4) is 0 Å². The van der Waals surface area contributed by atoms with E-state index >= 15 is 0 Å². The first-order chi connectivity index (χ1) is 19.3. The van der Waals surface area contributed by atoms with Gasteiger partial charge in [0, 0.05) is 5.92 Å². The van der Waals surface area contributed by atoms with Crippen LogP contribution in [0.15, 0.2) is 89.8 Å². The summed E-state index contributed by atoms with van der Waals surface area (Å²) in [5.74, 6) is -4.74. The quantitative estimate of drug-likeness (QED) is 0.168. The van der Waals surface area contributed by atoms with E-state index in [0.29, 0.717) is 11.1 Å². The first-order valence-electron chi connectivity index (χ1n) is 12.7. The highest BCUT2D eigenvalue weighted by atomic mass is 32.2. The zero-order valence-electron chi connectivity index (χ0n) is 22.9. The average Bonchev–Trinajstić information content (AvgIpc) is 2.94. The lowest BCUT2D eigenvalue weighted by molar-refractivity contribution is -0.158. The molecule has 3 atom stereocenters. The zero-order valence-corrected chi connectivity index (χ0v) is 24.6. The topological polar surface area (TPSA) is 154 Å². The predicted octanol–water partition coefficient (Wildman–Crippen LogP) is 5.51. The van der Waals surface area contributed by atoms with Crippen LogP contribution in [-0.4, -0.2) is 42.8 Å². The molecule has 3 aromatic carbocycles. The third kappa shape index (κ3) is 8.58. The zero-order chi connectivity index (χ0) is 30.3. The van der Waals surface area contributed by atoms with Crippen LogP contribution in [0.2, 0.25) is 0 Å². The molecule has 0 aromatic heterocycles. The van der Waals surface area contributed by atoms with Crippen molar-refractivity contribution in [3.63, 3.8) is 0 Å². The highest BCUT2D eigenvalue weighted by Gasteiger charge is 2.52. The van der Waals surface area contributed by atoms with Gasteiger partial charge >= 0.3 is 19.5 Å². The Labute approximate surface area is 239 Å². The molecule has 0 saturated carbocycles. The molecule has 3 rings (SSSR count). The van der Waals surface area contributed by atoms with E-state index in [1.807, 2.05) is 0 Å². The standard InChI is InChI=1S/C29H33O10PS/c1-21-14-16-25(17-15-21)41(35,36)39-26(27(30)31)22(2)29(3,28(32)33)20-40(34,37-18-23-10-6-4-7-11-23)38-19-24-12-8-5-9-13-24/h4-17,22,26H,18-20H2,1-3H3,(H,30,31)(H,32,33)/t22?,26-,29+/m1/s1. The molecule has 2 N–H and O–H groups in total. The number of carbonyl (C=O) groups is 2. The smallest absolute Gasteiger partial charge is 0.334 e. The Kier molecular flexibility index (Phi) is 10.6. The van der Waals surface area contributed by atoms with Crippen LogP contribution in [0.25, 0.3) is 0 Å². The van der Waals surface area contributed by atoms with E-state index in [1.165, 1.54) is 38.1 Å². The summed E-state index contributed by atoms with van der Waals surface area (Å²) in [5.41, 5.74) is -0.0456. The summed E-state index contributed by atoms with van der Waals surface area (Å²) >= 11 is 0. The van der Waals surface area contributed by atoms with E-state index < -0.39 is 53.3 Å². The third-order valence-electron chi connectivity index (χ3n) is 6.79. The maximum absolute atomic E-state index is 14.1. The van der Waals surface area contributed by atoms with Crippen molar-refractivity contribution in [3.05, 3.63) is 102 Å². The summed E-state index contributed by atoms with van der Waals surface area (Å²) in [6.45, 7) is 3.80. The molecule has 0 saturated heterocycles. The fourth-order valence-electron chi connectivity index (χ4n) is 4.00. The Balaban J connectivity index is 1.93. The number of aryl methyl sites for hydroxylation is 1. The molecule has 0 bridgehead atoms. The van der Waals surface area contributed by atoms with Crippen LogP contribution in [0.4, 0.5) is 0 Å². The first-order valence-corrected chi connectivity index (χ1v) is 15.8. The molecule has 0 aliphatic heterocycles. The Hall–Kier alpha value is -3.34. The number of aliphatic carboxylic acids is 2. The highest BCUT2D eigenvalue weighted by molar-refractivity contribution is 7.86. The SMILES string of the molecule is Cc1ccc(S(=O)(=O)O[C@@H](C(=O)O)C(C)[C@](C)(CP(=O)(OCc2ccccc2)OCc2ccccc2)C(=O)O)cc1. The largest absolute Gasteiger partial charge is 0.481 e. The maximum atomic E-state index is 14.1. The molecule has 0 heterocycles. The van der Waals surface area contributed by atoms with Gasteiger partial charge in [0.2, 0.25) is 0 Å². The lowest BCUT2D eigenvalue weighted by Gasteiger charge is -2.36. The number of benzene rings is 3. The van der Waals surface area contributed by atoms with Gasteiger partial charge in [-0.15, -0.1) is 0 Å². The molecule has 10 nitrogen and oxygen atoms in total. The second kappa shape index (κ2) is 13.5. The monoisotopic (exact) mass is 604 g/mol. The molecule has 0 aliphatic carbocycles. The third-order valence-corrected chi connectivity index (χ3v) is 10.2. The molecule has 0 amide bonds. The van der Waals surface area contributed by atoms with Gasteiger partial charge in [-0.1, -0.05) is 85.3 Å². The highest BCUT2D eigenvalue weighted by Crippen LogP contribution is 2.56. The fourth-order valence-corrected chi connectivity index (χ4v) is 7.28. The van der Waals surface area contributed by atoms with Gasteiger partial charge in [0.15, 0.2) is 6.10 Å². The van der Waals surface area contributed by atoms with Gasteiger partial charge in [0.1, 0.15) is 0 Å². The Morgan fingerprint density at radius 3 is 1.73 bits per heavy atom. The van der Waals surface area contributed by atoms with Crippen molar-refractivity contribution in [2.45, 2.75) is 45.0 Å². The van der Waals surface area contributed by atoms with Gasteiger partial charge in [0.05, 0.1) is 29.7 Å². The molecule has 41 heavy (non-hydrogen) atoms. The number of carboxylic acid groups (broad SMARTS) is 2. The molecule has 0 aliphatic rings. The fraction of sp³-hybridized carbons (Fsp3) is 0.310. The number of hydrogen-bond donors (Lipinski definition) is 2. The van der Waals surface area contributed by atoms with E-state index in [2.05, 4.69) is 0 Å². The van der Waals surface area contributed by atoms with Gasteiger partial charge in [0.25, 0.3) is 10.1 Å². The van der Waals surface area contributed by atoms with Gasteiger partial charge in [-0.2, -0.15) is 8.42 Å². The second-order valence-electron chi connectivity index (χ2n) is 9.92. The lowest BCUT2D eigenvalue weighted by atomic mass is 9.76. The minimum atomic E-state index is -4.59.